The summed E-state index contributed by atoms with van der Waals surface area (Å²) in [6.45, 7) is 7.08. The van der Waals surface area contributed by atoms with Gasteiger partial charge in [0.05, 0.1) is 28.4 Å². The summed E-state index contributed by atoms with van der Waals surface area (Å²) in [6, 6.07) is -6.78. The number of esters is 4. The molecule has 0 amide bonds. The molecule has 8 atom stereocenters. The topological polar surface area (TPSA) is 436 Å². The lowest BCUT2D eigenvalue weighted by Crippen LogP contribution is -2.59. The van der Waals surface area contributed by atoms with Gasteiger partial charge in [-0.05, 0) is 12.8 Å². The predicted molar refractivity (Wildman–Crippen MR) is 276 cm³/mol. The van der Waals surface area contributed by atoms with Crippen molar-refractivity contribution >= 4 is 47.8 Å². The summed E-state index contributed by atoms with van der Waals surface area (Å²) in [5.74, 6) is -6.30. The zero-order valence-electron chi connectivity index (χ0n) is 45.3. The van der Waals surface area contributed by atoms with Crippen LogP contribution in [0.5, 0.6) is 0 Å². The minimum absolute atomic E-state index is 0.0310. The number of methoxy groups -OCH3 is 4. The second-order valence-electron chi connectivity index (χ2n) is 18.1. The minimum Gasteiger partial charge on any atom is -0.480 e. The molecule has 2 rings (SSSR count). The van der Waals surface area contributed by atoms with Crippen LogP contribution in [0.15, 0.2) is 0 Å². The van der Waals surface area contributed by atoms with Crippen molar-refractivity contribution in [3.8, 4) is 0 Å². The SMILES string of the molecule is CCC(C(=O)OC)N1CCN(C(CC)C(=O)OC)CCN(C(CN)C(=O)OC)CCN(C(CN)C(=O)OC)CC1.NCC(C(=O)O)N1CCN(C(CN)C(=O)O)CCN(C(CN)C(=O)O)CCN(C(CN)C(=O)O)CC1. The molecule has 0 aliphatic carbocycles. The summed E-state index contributed by atoms with van der Waals surface area (Å²) in [6.07, 6.45) is 1.03. The molecule has 0 saturated carbocycles. The second kappa shape index (κ2) is 37.1. The summed E-state index contributed by atoms with van der Waals surface area (Å²) >= 11 is 0. The Kier molecular flexibility index (Phi) is 33.8. The van der Waals surface area contributed by atoms with Crippen LogP contribution >= 0.6 is 0 Å². The van der Waals surface area contributed by atoms with Gasteiger partial charge in [-0.15, -0.1) is 0 Å². The number of ether oxygens (including phenoxy) is 4. The third-order valence-electron chi connectivity index (χ3n) is 14.1. The summed E-state index contributed by atoms with van der Waals surface area (Å²) < 4.78 is 20.2. The lowest BCUT2D eigenvalue weighted by atomic mass is 10.1. The van der Waals surface area contributed by atoms with Crippen LogP contribution in [0.25, 0.3) is 0 Å². The Bertz CT molecular complexity index is 1520. The van der Waals surface area contributed by atoms with E-state index in [9.17, 15) is 58.8 Å². The standard InChI is InChI=1S/C26H50N6O8.C20H40N8O8/c1-7-19(23(33)37-3)29-9-10-30(20(8-2)24(34)38-4)12-14-32(22(18-28)26(36)40-6)16-15-31(13-11-29)21(17-27)25(35)39-5;21-9-13(17(29)30)25-1-2-26(14(10-22)18(31)32)5-6-28(16(12-24)20(35)36)8-7-27(4-3-25)15(11-23)19(33)34/h19-22H,7-18,27-28H2,1-6H3;13-16H,1-12,21-24H2,(H,29,30)(H,31,32)(H,33,34)(H,35,36). The Morgan fingerprint density at radius 2 is 0.434 bits per heavy atom. The maximum atomic E-state index is 12.7. The van der Waals surface area contributed by atoms with Gasteiger partial charge in [0.25, 0.3) is 0 Å². The molecule has 76 heavy (non-hydrogen) atoms. The zero-order chi connectivity index (χ0) is 57.7. The van der Waals surface area contributed by atoms with Crippen molar-refractivity contribution in [1.29, 1.82) is 0 Å². The summed E-state index contributed by atoms with van der Waals surface area (Å²) in [5, 5.41) is 38.6. The molecule has 8 unspecified atom stereocenters. The normalized spacial score (nSPS) is 20.8. The zero-order valence-corrected chi connectivity index (χ0v) is 45.3. The van der Waals surface area contributed by atoms with Crippen LogP contribution in [0.4, 0.5) is 0 Å². The molecule has 2 aliphatic heterocycles. The van der Waals surface area contributed by atoms with E-state index in [4.69, 9.17) is 53.3 Å². The lowest BCUT2D eigenvalue weighted by Gasteiger charge is -2.40. The number of hydrogen-bond acceptors (Lipinski definition) is 26. The van der Waals surface area contributed by atoms with E-state index < -0.39 is 84.2 Å². The molecular formula is C46H90N14O16. The van der Waals surface area contributed by atoms with Crippen LogP contribution in [-0.4, -0.2) is 328 Å². The van der Waals surface area contributed by atoms with Crippen molar-refractivity contribution in [3.05, 3.63) is 0 Å². The third kappa shape index (κ3) is 21.2. The molecule has 30 heteroatoms. The van der Waals surface area contributed by atoms with Gasteiger partial charge in [0, 0.05) is 144 Å². The molecule has 0 radical (unpaired) electrons. The van der Waals surface area contributed by atoms with E-state index in [1.54, 1.807) is 19.6 Å². The monoisotopic (exact) mass is 1090 g/mol. The Balaban J connectivity index is 0.000000764. The van der Waals surface area contributed by atoms with E-state index in [1.807, 2.05) is 33.4 Å². The van der Waals surface area contributed by atoms with Crippen LogP contribution in [-0.2, 0) is 57.3 Å². The van der Waals surface area contributed by atoms with Crippen LogP contribution in [0.1, 0.15) is 26.7 Å². The highest BCUT2D eigenvalue weighted by Crippen LogP contribution is 2.16. The van der Waals surface area contributed by atoms with E-state index in [-0.39, 0.29) is 104 Å². The maximum Gasteiger partial charge on any atom is 0.324 e. The van der Waals surface area contributed by atoms with Crippen molar-refractivity contribution in [2.24, 2.45) is 34.4 Å². The van der Waals surface area contributed by atoms with Crippen LogP contribution in [0, 0.1) is 0 Å². The number of carboxylic acids is 4. The molecule has 16 N–H and O–H groups in total. The van der Waals surface area contributed by atoms with E-state index in [1.165, 1.54) is 28.4 Å². The van der Waals surface area contributed by atoms with Crippen molar-refractivity contribution in [1.82, 2.24) is 39.2 Å². The number of carbonyl (C=O) groups excluding carboxylic acids is 4. The molecule has 0 bridgehead atoms. The van der Waals surface area contributed by atoms with E-state index in [0.29, 0.717) is 65.2 Å². The number of aliphatic carboxylic acids is 4. The van der Waals surface area contributed by atoms with Crippen molar-refractivity contribution in [3.63, 3.8) is 0 Å². The summed E-state index contributed by atoms with van der Waals surface area (Å²) in [5.41, 5.74) is 34.8. The Hall–Kier alpha value is -4.80. The molecule has 0 aromatic carbocycles. The highest BCUT2D eigenvalue weighted by atomic mass is 16.5. The molecule has 0 aromatic rings. The molecule has 0 spiro atoms. The van der Waals surface area contributed by atoms with E-state index in [0.717, 1.165) is 0 Å². The van der Waals surface area contributed by atoms with Gasteiger partial charge < -0.3 is 73.8 Å². The predicted octanol–water partition coefficient (Wildman–Crippen LogP) is -7.03. The fourth-order valence-corrected chi connectivity index (χ4v) is 9.55. The van der Waals surface area contributed by atoms with Gasteiger partial charge >= 0.3 is 47.8 Å². The summed E-state index contributed by atoms with van der Waals surface area (Å²) in [7, 11) is 5.34. The molecule has 2 heterocycles. The molecule has 2 saturated heterocycles. The Labute approximate surface area is 445 Å². The Morgan fingerprint density at radius 1 is 0.303 bits per heavy atom. The van der Waals surface area contributed by atoms with Gasteiger partial charge in [0.1, 0.15) is 48.3 Å². The van der Waals surface area contributed by atoms with Crippen LogP contribution in [0.2, 0.25) is 0 Å². The fraction of sp³-hybridized carbons (Fsp3) is 0.826. The third-order valence-corrected chi connectivity index (χ3v) is 14.1. The van der Waals surface area contributed by atoms with Gasteiger partial charge in [-0.25, -0.2) is 0 Å². The largest absolute Gasteiger partial charge is 0.480 e. The molecule has 30 nitrogen and oxygen atoms in total. The van der Waals surface area contributed by atoms with Crippen molar-refractivity contribution < 1.29 is 77.7 Å². The summed E-state index contributed by atoms with van der Waals surface area (Å²) in [4.78, 5) is 112. The van der Waals surface area contributed by atoms with Crippen molar-refractivity contribution in [2.75, 3.05) is 172 Å². The molecular weight excluding hydrogens is 1000 g/mol. The van der Waals surface area contributed by atoms with Gasteiger partial charge in [0.2, 0.25) is 0 Å². The quantitative estimate of drug-likeness (QED) is 0.0317. The van der Waals surface area contributed by atoms with Crippen LogP contribution in [0.3, 0.4) is 0 Å². The van der Waals surface area contributed by atoms with Crippen molar-refractivity contribution in [2.45, 2.75) is 75.0 Å². The van der Waals surface area contributed by atoms with E-state index in [2.05, 4.69) is 0 Å². The average molecular weight is 1100 g/mol. The number of rotatable bonds is 24. The van der Waals surface area contributed by atoms with Gasteiger partial charge in [-0.3, -0.25) is 77.6 Å². The van der Waals surface area contributed by atoms with Gasteiger partial charge in [-0.2, -0.15) is 0 Å². The molecule has 440 valence electrons. The first-order valence-corrected chi connectivity index (χ1v) is 25.5. The first kappa shape index (κ1) is 69.2. The first-order valence-electron chi connectivity index (χ1n) is 25.5. The highest BCUT2D eigenvalue weighted by molar-refractivity contribution is 5.78. The molecule has 2 fully saturated rings. The lowest BCUT2D eigenvalue weighted by molar-refractivity contribution is -0.151. The van der Waals surface area contributed by atoms with Crippen LogP contribution < -0.4 is 34.4 Å². The van der Waals surface area contributed by atoms with Gasteiger partial charge in [0.15, 0.2) is 0 Å². The highest BCUT2D eigenvalue weighted by Gasteiger charge is 2.37. The Morgan fingerprint density at radius 3 is 0.553 bits per heavy atom. The number of carboxylic acid groups (broad SMARTS) is 4. The smallest absolute Gasteiger partial charge is 0.324 e. The number of nitrogens with zero attached hydrogens (tertiary/aromatic N) is 8. The number of nitrogens with two attached hydrogens (primary N) is 6. The molecule has 0 aromatic heterocycles. The first-order chi connectivity index (χ1) is 36.2. The number of hydrogen-bond donors (Lipinski definition) is 10. The average Bonchev–Trinajstić information content (AvgIpc) is 3.39. The van der Waals surface area contributed by atoms with E-state index >= 15 is 0 Å². The fourth-order valence-electron chi connectivity index (χ4n) is 9.55. The van der Waals surface area contributed by atoms with Gasteiger partial charge in [-0.1, -0.05) is 13.8 Å². The second-order valence-corrected chi connectivity index (χ2v) is 18.1. The maximum absolute atomic E-state index is 12.7. The minimum atomic E-state index is -1.16. The molecule has 2 aliphatic rings. The number of carbonyl (C=O) groups is 8.